The van der Waals surface area contributed by atoms with Crippen molar-refractivity contribution in [3.63, 3.8) is 0 Å². The maximum absolute atomic E-state index is 13.8. The van der Waals surface area contributed by atoms with Gasteiger partial charge in [-0.1, -0.05) is 70.3 Å². The summed E-state index contributed by atoms with van der Waals surface area (Å²) in [7, 11) is -2.60. The van der Waals surface area contributed by atoms with Crippen LogP contribution in [0.25, 0.3) is 0 Å². The van der Waals surface area contributed by atoms with Gasteiger partial charge in [0.15, 0.2) is 0 Å². The van der Waals surface area contributed by atoms with Crippen molar-refractivity contribution < 1.29 is 18.0 Å². The van der Waals surface area contributed by atoms with E-state index in [0.717, 1.165) is 15.4 Å². The third kappa shape index (κ3) is 7.12. The summed E-state index contributed by atoms with van der Waals surface area (Å²) in [5.41, 5.74) is 1.99. The van der Waals surface area contributed by atoms with Gasteiger partial charge in [-0.15, -0.1) is 0 Å². The average Bonchev–Trinajstić information content (AvgIpc) is 2.88. The summed E-state index contributed by atoms with van der Waals surface area (Å²) in [6.45, 7) is 3.29. The Bertz CT molecular complexity index is 1350. The van der Waals surface area contributed by atoms with E-state index in [0.29, 0.717) is 21.6 Å². The van der Waals surface area contributed by atoms with Crippen molar-refractivity contribution in [1.82, 2.24) is 10.2 Å². The average molecular weight is 607 g/mol. The molecule has 0 aliphatic carbocycles. The van der Waals surface area contributed by atoms with Crippen LogP contribution in [-0.4, -0.2) is 44.8 Å². The Morgan fingerprint density at radius 1 is 1.03 bits per heavy atom. The molecule has 3 rings (SSSR count). The molecule has 0 aliphatic rings. The SMILES string of the molecule is CCC(C(=O)NC)N(Cc1ccc(Cl)cc1)C(=O)CN(c1cccc(Br)c1)S(=O)(=O)c1ccc(C)cc1. The van der Waals surface area contributed by atoms with Crippen molar-refractivity contribution in [3.8, 4) is 0 Å². The third-order valence-corrected chi connectivity index (χ3v) is 8.42. The lowest BCUT2D eigenvalue weighted by atomic mass is 10.1. The second-order valence-corrected chi connectivity index (χ2v) is 11.7. The number of aryl methyl sites for hydroxylation is 1. The number of likely N-dealkylation sites (N-methyl/N-ethyl adjacent to an activating group) is 1. The number of hydrogen-bond donors (Lipinski definition) is 1. The molecule has 0 bridgehead atoms. The van der Waals surface area contributed by atoms with Gasteiger partial charge in [-0.2, -0.15) is 0 Å². The quantitative estimate of drug-likeness (QED) is 0.346. The fraction of sp³-hybridized carbons (Fsp3) is 0.259. The smallest absolute Gasteiger partial charge is 0.264 e. The summed E-state index contributed by atoms with van der Waals surface area (Å²) in [5, 5.41) is 3.15. The second-order valence-electron chi connectivity index (χ2n) is 8.49. The standard InChI is InChI=1S/C27H29BrClN3O4S/c1-4-25(27(34)30-3)31(17-20-10-12-22(29)13-11-20)26(33)18-32(23-7-5-6-21(28)16-23)37(35,36)24-14-8-19(2)9-15-24/h5-16,25H,4,17-18H2,1-3H3,(H,30,34). The third-order valence-electron chi connectivity index (χ3n) is 5.88. The Labute approximate surface area is 231 Å². The number of sulfonamides is 1. The minimum absolute atomic E-state index is 0.0634. The highest BCUT2D eigenvalue weighted by molar-refractivity contribution is 9.10. The summed E-state index contributed by atoms with van der Waals surface area (Å²) in [6, 6.07) is 19.4. The Morgan fingerprint density at radius 3 is 2.24 bits per heavy atom. The van der Waals surface area contributed by atoms with Gasteiger partial charge in [-0.3, -0.25) is 13.9 Å². The molecule has 0 fully saturated rings. The number of anilines is 1. The summed E-state index contributed by atoms with van der Waals surface area (Å²) >= 11 is 9.41. The molecule has 1 atom stereocenters. The second kappa shape index (κ2) is 12.6. The Morgan fingerprint density at radius 2 is 1.68 bits per heavy atom. The topological polar surface area (TPSA) is 86.8 Å². The molecule has 3 aromatic carbocycles. The van der Waals surface area contributed by atoms with E-state index in [9.17, 15) is 18.0 Å². The van der Waals surface area contributed by atoms with Crippen molar-refractivity contribution in [2.45, 2.75) is 37.8 Å². The minimum Gasteiger partial charge on any atom is -0.357 e. The minimum atomic E-state index is -4.11. The lowest BCUT2D eigenvalue weighted by Crippen LogP contribution is -2.51. The Balaban J connectivity index is 2.05. The molecule has 7 nitrogen and oxygen atoms in total. The van der Waals surface area contributed by atoms with Gasteiger partial charge in [0.1, 0.15) is 12.6 Å². The van der Waals surface area contributed by atoms with E-state index in [1.54, 1.807) is 67.6 Å². The molecular formula is C27H29BrClN3O4S. The normalized spacial score (nSPS) is 12.0. The number of carbonyl (C=O) groups is 2. The highest BCUT2D eigenvalue weighted by atomic mass is 79.9. The zero-order valence-corrected chi connectivity index (χ0v) is 24.0. The number of nitrogens with one attached hydrogen (secondary N) is 1. The van der Waals surface area contributed by atoms with Crippen LogP contribution in [0, 0.1) is 6.92 Å². The van der Waals surface area contributed by atoms with Gasteiger partial charge < -0.3 is 10.2 Å². The molecule has 0 aliphatic heterocycles. The van der Waals surface area contributed by atoms with Crippen molar-refractivity contribution in [2.24, 2.45) is 0 Å². The molecule has 0 heterocycles. The molecular weight excluding hydrogens is 578 g/mol. The van der Waals surface area contributed by atoms with Crippen LogP contribution in [0.1, 0.15) is 24.5 Å². The van der Waals surface area contributed by atoms with Gasteiger partial charge in [-0.25, -0.2) is 8.42 Å². The first-order valence-electron chi connectivity index (χ1n) is 11.7. The fourth-order valence-electron chi connectivity index (χ4n) is 3.87. The molecule has 0 aromatic heterocycles. The van der Waals surface area contributed by atoms with Crippen LogP contribution in [0.5, 0.6) is 0 Å². The molecule has 37 heavy (non-hydrogen) atoms. The Hall–Kier alpha value is -2.88. The lowest BCUT2D eigenvalue weighted by molar-refractivity contribution is -0.140. The zero-order chi connectivity index (χ0) is 27.2. The van der Waals surface area contributed by atoms with Crippen LogP contribution in [0.15, 0.2) is 82.2 Å². The largest absolute Gasteiger partial charge is 0.357 e. The van der Waals surface area contributed by atoms with Gasteiger partial charge in [-0.05, 0) is 61.4 Å². The van der Waals surface area contributed by atoms with E-state index < -0.39 is 28.5 Å². The fourth-order valence-corrected chi connectivity index (χ4v) is 5.79. The van der Waals surface area contributed by atoms with E-state index in [1.807, 2.05) is 6.92 Å². The van der Waals surface area contributed by atoms with Gasteiger partial charge in [0.2, 0.25) is 11.8 Å². The van der Waals surface area contributed by atoms with Crippen LogP contribution in [0.3, 0.4) is 0 Å². The molecule has 0 spiro atoms. The van der Waals surface area contributed by atoms with Crippen LogP contribution < -0.4 is 9.62 Å². The van der Waals surface area contributed by atoms with Crippen molar-refractivity contribution in [3.05, 3.63) is 93.4 Å². The maximum Gasteiger partial charge on any atom is 0.264 e. The summed E-state index contributed by atoms with van der Waals surface area (Å²) in [4.78, 5) is 28.0. The van der Waals surface area contributed by atoms with Gasteiger partial charge in [0.05, 0.1) is 10.6 Å². The highest BCUT2D eigenvalue weighted by Gasteiger charge is 2.33. The van der Waals surface area contributed by atoms with Gasteiger partial charge >= 0.3 is 0 Å². The van der Waals surface area contributed by atoms with Gasteiger partial charge in [0.25, 0.3) is 10.0 Å². The predicted molar refractivity (Wildman–Crippen MR) is 150 cm³/mol. The number of hydrogen-bond acceptors (Lipinski definition) is 4. The first kappa shape index (κ1) is 28.7. The monoisotopic (exact) mass is 605 g/mol. The molecule has 0 saturated carbocycles. The maximum atomic E-state index is 13.8. The molecule has 10 heteroatoms. The number of halogens is 2. The van der Waals surface area contributed by atoms with Crippen LogP contribution in [0.2, 0.25) is 5.02 Å². The van der Waals surface area contributed by atoms with Crippen molar-refractivity contribution in [2.75, 3.05) is 17.9 Å². The first-order chi connectivity index (χ1) is 17.6. The van der Waals surface area contributed by atoms with E-state index in [2.05, 4.69) is 21.2 Å². The lowest BCUT2D eigenvalue weighted by Gasteiger charge is -2.33. The van der Waals surface area contributed by atoms with E-state index in [-0.39, 0.29) is 17.3 Å². The van der Waals surface area contributed by atoms with Crippen molar-refractivity contribution >= 4 is 55.1 Å². The summed E-state index contributed by atoms with van der Waals surface area (Å²) in [5.74, 6) is -0.846. The number of carbonyl (C=O) groups excluding carboxylic acids is 2. The molecule has 3 aromatic rings. The van der Waals surface area contributed by atoms with E-state index >= 15 is 0 Å². The molecule has 1 unspecified atom stereocenters. The molecule has 2 amide bonds. The number of amides is 2. The summed E-state index contributed by atoms with van der Waals surface area (Å²) in [6.07, 6.45) is 0.348. The highest BCUT2D eigenvalue weighted by Crippen LogP contribution is 2.27. The zero-order valence-electron chi connectivity index (χ0n) is 20.8. The van der Waals surface area contributed by atoms with E-state index in [4.69, 9.17) is 11.6 Å². The van der Waals surface area contributed by atoms with E-state index in [1.165, 1.54) is 24.1 Å². The van der Waals surface area contributed by atoms with Crippen LogP contribution >= 0.6 is 27.5 Å². The molecule has 196 valence electrons. The predicted octanol–water partition coefficient (Wildman–Crippen LogP) is 5.16. The molecule has 0 saturated heterocycles. The van der Waals surface area contributed by atoms with Gasteiger partial charge in [0, 0.05) is 23.1 Å². The molecule has 1 N–H and O–H groups in total. The number of rotatable bonds is 10. The van der Waals surface area contributed by atoms with Crippen molar-refractivity contribution in [1.29, 1.82) is 0 Å². The summed E-state index contributed by atoms with van der Waals surface area (Å²) < 4.78 is 29.3. The number of benzene rings is 3. The van der Waals surface area contributed by atoms with Crippen LogP contribution in [0.4, 0.5) is 5.69 Å². The number of nitrogens with zero attached hydrogens (tertiary/aromatic N) is 2. The Kier molecular flexibility index (Phi) is 9.75. The van der Waals surface area contributed by atoms with Crippen LogP contribution in [-0.2, 0) is 26.2 Å². The molecule has 0 radical (unpaired) electrons. The first-order valence-corrected chi connectivity index (χ1v) is 14.3.